The summed E-state index contributed by atoms with van der Waals surface area (Å²) in [6.45, 7) is 5.36. The van der Waals surface area contributed by atoms with E-state index in [-0.39, 0.29) is 22.3 Å². The lowest BCUT2D eigenvalue weighted by molar-refractivity contribution is 0.0926. The van der Waals surface area contributed by atoms with Crippen molar-refractivity contribution in [2.45, 2.75) is 44.6 Å². The zero-order valence-corrected chi connectivity index (χ0v) is 12.0. The van der Waals surface area contributed by atoms with Crippen LogP contribution in [-0.4, -0.2) is 30.6 Å². The second-order valence-electron chi connectivity index (χ2n) is 3.95. The van der Waals surface area contributed by atoms with Crippen LogP contribution in [-0.2, 0) is 9.05 Å². The quantitative estimate of drug-likeness (QED) is 0.806. The van der Waals surface area contributed by atoms with Gasteiger partial charge in [0.2, 0.25) is 0 Å². The number of amides is 1. The van der Waals surface area contributed by atoms with Gasteiger partial charge in [-0.25, -0.2) is 8.42 Å². The van der Waals surface area contributed by atoms with Crippen LogP contribution < -0.4 is 5.32 Å². The van der Waals surface area contributed by atoms with E-state index >= 15 is 0 Å². The van der Waals surface area contributed by atoms with E-state index in [1.807, 2.05) is 13.8 Å². The highest BCUT2D eigenvalue weighted by Gasteiger charge is 2.27. The molecular weight excluding hydrogens is 278 g/mol. The lowest BCUT2D eigenvalue weighted by Crippen LogP contribution is -2.34. The summed E-state index contributed by atoms with van der Waals surface area (Å²) in [4.78, 5) is 11.7. The minimum absolute atomic E-state index is 0.0135. The van der Waals surface area contributed by atoms with Crippen LogP contribution in [0.1, 0.15) is 42.9 Å². The fraction of sp³-hybridized carbons (Fsp3) is 0.600. The number of carbonyl (C=O) groups is 1. The lowest BCUT2D eigenvalue weighted by Gasteiger charge is -2.13. The van der Waals surface area contributed by atoms with Gasteiger partial charge in [0.05, 0.1) is 5.69 Å². The molecule has 0 saturated heterocycles. The first-order valence-corrected chi connectivity index (χ1v) is 7.92. The van der Waals surface area contributed by atoms with E-state index in [1.165, 1.54) is 6.92 Å². The average molecular weight is 294 g/mol. The third-order valence-corrected chi connectivity index (χ3v) is 4.12. The normalized spacial score (nSPS) is 11.8. The summed E-state index contributed by atoms with van der Waals surface area (Å²) >= 11 is 0. The molecule has 0 unspecified atom stereocenters. The molecule has 0 atom stereocenters. The van der Waals surface area contributed by atoms with Crippen LogP contribution >= 0.6 is 10.7 Å². The molecule has 0 aliphatic carbocycles. The van der Waals surface area contributed by atoms with Gasteiger partial charge in [0, 0.05) is 16.7 Å². The van der Waals surface area contributed by atoms with Crippen molar-refractivity contribution in [2.75, 3.05) is 0 Å². The molecule has 0 bridgehead atoms. The van der Waals surface area contributed by atoms with Crippen LogP contribution in [0.25, 0.3) is 0 Å². The Hall–Kier alpha value is -1.08. The predicted octanol–water partition coefficient (Wildman–Crippen LogP) is 1.56. The van der Waals surface area contributed by atoms with Crippen LogP contribution in [0.15, 0.2) is 4.90 Å². The van der Waals surface area contributed by atoms with Crippen molar-refractivity contribution in [1.29, 1.82) is 0 Å². The highest BCUT2D eigenvalue weighted by Crippen LogP contribution is 2.21. The van der Waals surface area contributed by atoms with E-state index in [0.29, 0.717) is 0 Å². The molecule has 18 heavy (non-hydrogen) atoms. The van der Waals surface area contributed by atoms with Gasteiger partial charge in [-0.2, -0.15) is 5.10 Å². The van der Waals surface area contributed by atoms with Crippen LogP contribution in [0.5, 0.6) is 0 Å². The van der Waals surface area contributed by atoms with Gasteiger partial charge in [0.15, 0.2) is 5.69 Å². The highest BCUT2D eigenvalue weighted by molar-refractivity contribution is 8.13. The summed E-state index contributed by atoms with van der Waals surface area (Å²) < 4.78 is 22.8. The summed E-state index contributed by atoms with van der Waals surface area (Å²) in [5.74, 6) is -0.535. The summed E-state index contributed by atoms with van der Waals surface area (Å²) in [5, 5.41) is 8.88. The molecular formula is C10H16ClN3O3S. The molecule has 0 aromatic carbocycles. The van der Waals surface area contributed by atoms with Crippen molar-refractivity contribution in [2.24, 2.45) is 0 Å². The number of carbonyl (C=O) groups excluding carboxylic acids is 1. The maximum absolute atomic E-state index is 11.9. The fourth-order valence-electron chi connectivity index (χ4n) is 1.62. The van der Waals surface area contributed by atoms with Crippen LogP contribution in [0.4, 0.5) is 0 Å². The first-order chi connectivity index (χ1) is 8.31. The molecule has 0 fully saturated rings. The van der Waals surface area contributed by atoms with Crippen molar-refractivity contribution in [3.8, 4) is 0 Å². The summed E-state index contributed by atoms with van der Waals surface area (Å²) in [7, 11) is 1.29. The number of hydrogen-bond donors (Lipinski definition) is 2. The molecule has 0 saturated carbocycles. The van der Waals surface area contributed by atoms with E-state index < -0.39 is 15.0 Å². The molecule has 2 N–H and O–H groups in total. The molecule has 0 aliphatic heterocycles. The molecule has 6 nitrogen and oxygen atoms in total. The third kappa shape index (κ3) is 3.23. The number of aromatic nitrogens is 2. The zero-order chi connectivity index (χ0) is 13.9. The molecule has 0 spiro atoms. The Bertz CT molecular complexity index is 535. The van der Waals surface area contributed by atoms with Crippen molar-refractivity contribution in [3.05, 3.63) is 11.4 Å². The predicted molar refractivity (Wildman–Crippen MR) is 68.2 cm³/mol. The molecule has 1 heterocycles. The number of H-pyrrole nitrogens is 1. The Morgan fingerprint density at radius 2 is 2.00 bits per heavy atom. The minimum atomic E-state index is -4.00. The molecule has 0 radical (unpaired) electrons. The Morgan fingerprint density at radius 1 is 1.44 bits per heavy atom. The molecule has 1 aromatic heterocycles. The highest BCUT2D eigenvalue weighted by atomic mass is 35.7. The molecule has 0 aliphatic rings. The van der Waals surface area contributed by atoms with Crippen LogP contribution in [0, 0.1) is 6.92 Å². The summed E-state index contributed by atoms with van der Waals surface area (Å²) in [5.41, 5.74) is 0.0640. The number of nitrogens with zero attached hydrogens (tertiary/aromatic N) is 1. The van der Waals surface area contributed by atoms with Crippen LogP contribution in [0.2, 0.25) is 0 Å². The number of halogens is 1. The van der Waals surface area contributed by atoms with Gasteiger partial charge in [-0.05, 0) is 19.8 Å². The van der Waals surface area contributed by atoms with Crippen molar-refractivity contribution in [3.63, 3.8) is 0 Å². The maximum atomic E-state index is 11.9. The number of rotatable bonds is 5. The van der Waals surface area contributed by atoms with Crippen molar-refractivity contribution < 1.29 is 13.2 Å². The summed E-state index contributed by atoms with van der Waals surface area (Å²) in [6, 6.07) is -0.0135. The zero-order valence-electron chi connectivity index (χ0n) is 10.4. The molecule has 1 aromatic rings. The second kappa shape index (κ2) is 5.71. The van der Waals surface area contributed by atoms with Crippen molar-refractivity contribution in [1.82, 2.24) is 15.5 Å². The topological polar surface area (TPSA) is 91.9 Å². The Balaban J connectivity index is 3.08. The van der Waals surface area contributed by atoms with E-state index in [0.717, 1.165) is 12.8 Å². The van der Waals surface area contributed by atoms with E-state index in [1.54, 1.807) is 0 Å². The number of aryl methyl sites for hydroxylation is 1. The van der Waals surface area contributed by atoms with Gasteiger partial charge in [0.25, 0.3) is 15.0 Å². The largest absolute Gasteiger partial charge is 0.348 e. The third-order valence-electron chi connectivity index (χ3n) is 2.67. The lowest BCUT2D eigenvalue weighted by atomic mass is 10.1. The van der Waals surface area contributed by atoms with E-state index in [4.69, 9.17) is 10.7 Å². The standard InChI is InChI=1S/C10H16ClN3O3S/c1-4-7(5-2)12-10(15)8-9(18(11,16)17)6(3)13-14-8/h7H,4-5H2,1-3H3,(H,12,15)(H,13,14). The summed E-state index contributed by atoms with van der Waals surface area (Å²) in [6.07, 6.45) is 1.52. The minimum Gasteiger partial charge on any atom is -0.348 e. The number of hydrogen-bond acceptors (Lipinski definition) is 4. The van der Waals surface area contributed by atoms with Gasteiger partial charge < -0.3 is 5.32 Å². The Labute approximate surface area is 111 Å². The van der Waals surface area contributed by atoms with Gasteiger partial charge in [-0.15, -0.1) is 0 Å². The van der Waals surface area contributed by atoms with E-state index in [2.05, 4.69) is 15.5 Å². The first-order valence-electron chi connectivity index (χ1n) is 5.61. The Kier molecular flexibility index (Phi) is 4.75. The SMILES string of the molecule is CCC(CC)NC(=O)c1n[nH]c(C)c1S(=O)(=O)Cl. The van der Waals surface area contributed by atoms with Crippen LogP contribution in [0.3, 0.4) is 0 Å². The molecule has 1 rings (SSSR count). The fourth-order valence-corrected chi connectivity index (χ4v) is 2.96. The average Bonchev–Trinajstić information content (AvgIpc) is 2.67. The van der Waals surface area contributed by atoms with E-state index in [9.17, 15) is 13.2 Å². The molecule has 1 amide bonds. The van der Waals surface area contributed by atoms with Crippen molar-refractivity contribution >= 4 is 25.6 Å². The maximum Gasteiger partial charge on any atom is 0.273 e. The number of aromatic amines is 1. The number of nitrogens with one attached hydrogen (secondary N) is 2. The van der Waals surface area contributed by atoms with Gasteiger partial charge in [-0.1, -0.05) is 13.8 Å². The smallest absolute Gasteiger partial charge is 0.273 e. The first kappa shape index (κ1) is 15.0. The van der Waals surface area contributed by atoms with Gasteiger partial charge >= 0.3 is 0 Å². The second-order valence-corrected chi connectivity index (χ2v) is 6.45. The molecule has 8 heteroatoms. The molecule has 102 valence electrons. The monoisotopic (exact) mass is 293 g/mol. The van der Waals surface area contributed by atoms with Gasteiger partial charge in [0.1, 0.15) is 4.90 Å². The van der Waals surface area contributed by atoms with Gasteiger partial charge in [-0.3, -0.25) is 9.89 Å². The Morgan fingerprint density at radius 3 is 2.44 bits per heavy atom.